The van der Waals surface area contributed by atoms with Crippen molar-refractivity contribution in [2.45, 2.75) is 13.3 Å². The molecule has 0 aliphatic carbocycles. The molecule has 0 unspecified atom stereocenters. The average molecular weight is 319 g/mol. The van der Waals surface area contributed by atoms with Crippen molar-refractivity contribution in [2.24, 2.45) is 5.10 Å². The van der Waals surface area contributed by atoms with Crippen molar-refractivity contribution in [2.75, 3.05) is 0 Å². The zero-order valence-corrected chi connectivity index (χ0v) is 12.6. The smallest absolute Gasteiger partial charge is 0.244 e. The molecule has 1 amide bonds. The number of phenolic OH excluding ortho intramolecular Hbond substituents is 2. The van der Waals surface area contributed by atoms with Crippen molar-refractivity contribution in [3.8, 4) is 11.5 Å². The molecule has 3 N–H and O–H groups in total. The van der Waals surface area contributed by atoms with Crippen molar-refractivity contribution < 1.29 is 15.0 Å². The number of nitrogens with zero attached hydrogens (tertiary/aromatic N) is 1. The van der Waals surface area contributed by atoms with Crippen LogP contribution in [0.5, 0.6) is 11.5 Å². The molecule has 2 rings (SSSR count). The van der Waals surface area contributed by atoms with E-state index in [1.165, 1.54) is 24.4 Å². The maximum absolute atomic E-state index is 11.7. The first-order valence-corrected chi connectivity index (χ1v) is 6.92. The Hall–Kier alpha value is -2.53. The number of carbonyl (C=O) groups excluding carboxylic acids is 1. The van der Waals surface area contributed by atoms with Gasteiger partial charge in [0.05, 0.1) is 12.6 Å². The van der Waals surface area contributed by atoms with E-state index in [0.29, 0.717) is 16.1 Å². The molecule has 0 aromatic heterocycles. The van der Waals surface area contributed by atoms with Crippen molar-refractivity contribution in [1.29, 1.82) is 0 Å². The Morgan fingerprint density at radius 3 is 2.82 bits per heavy atom. The number of hydrogen-bond donors (Lipinski definition) is 3. The van der Waals surface area contributed by atoms with Gasteiger partial charge in [-0.15, -0.1) is 0 Å². The fourth-order valence-corrected chi connectivity index (χ4v) is 2.02. The van der Waals surface area contributed by atoms with Gasteiger partial charge in [0.25, 0.3) is 0 Å². The van der Waals surface area contributed by atoms with Crippen LogP contribution in [0.15, 0.2) is 41.5 Å². The molecule has 0 spiro atoms. The molecule has 5 nitrogen and oxygen atoms in total. The lowest BCUT2D eigenvalue weighted by atomic mass is 10.1. The summed E-state index contributed by atoms with van der Waals surface area (Å²) in [4.78, 5) is 11.7. The Labute approximate surface area is 132 Å². The first-order chi connectivity index (χ1) is 10.5. The van der Waals surface area contributed by atoms with Gasteiger partial charge in [-0.25, -0.2) is 5.43 Å². The molecule has 2 aromatic carbocycles. The summed E-state index contributed by atoms with van der Waals surface area (Å²) in [5.41, 5.74) is 4.19. The lowest BCUT2D eigenvalue weighted by Crippen LogP contribution is -2.19. The van der Waals surface area contributed by atoms with Crippen LogP contribution >= 0.6 is 11.6 Å². The van der Waals surface area contributed by atoms with Gasteiger partial charge in [-0.3, -0.25) is 4.79 Å². The van der Waals surface area contributed by atoms with E-state index in [4.69, 9.17) is 11.6 Å². The normalized spacial score (nSPS) is 10.8. The maximum atomic E-state index is 11.7. The lowest BCUT2D eigenvalue weighted by molar-refractivity contribution is -0.120. The summed E-state index contributed by atoms with van der Waals surface area (Å²) in [5, 5.41) is 23.4. The number of hydrazone groups is 1. The van der Waals surface area contributed by atoms with Gasteiger partial charge in [0.15, 0.2) is 0 Å². The summed E-state index contributed by atoms with van der Waals surface area (Å²) in [7, 11) is 0. The van der Waals surface area contributed by atoms with E-state index in [1.54, 1.807) is 25.1 Å². The van der Waals surface area contributed by atoms with Gasteiger partial charge < -0.3 is 10.2 Å². The number of nitrogens with one attached hydrogen (secondary N) is 1. The number of aryl methyl sites for hydroxylation is 1. The number of rotatable bonds is 4. The van der Waals surface area contributed by atoms with Crippen LogP contribution in [0, 0.1) is 6.92 Å². The van der Waals surface area contributed by atoms with Crippen LogP contribution in [0.4, 0.5) is 0 Å². The van der Waals surface area contributed by atoms with Gasteiger partial charge in [-0.05, 0) is 42.3 Å². The van der Waals surface area contributed by atoms with Gasteiger partial charge >= 0.3 is 0 Å². The van der Waals surface area contributed by atoms with E-state index in [2.05, 4.69) is 10.5 Å². The molecule has 0 aliphatic rings. The molecule has 0 atom stereocenters. The number of aromatic hydroxyl groups is 2. The summed E-state index contributed by atoms with van der Waals surface area (Å²) >= 11 is 5.97. The summed E-state index contributed by atoms with van der Waals surface area (Å²) in [6, 6.07) is 9.52. The number of benzene rings is 2. The Kier molecular flexibility index (Phi) is 5.01. The average Bonchev–Trinajstić information content (AvgIpc) is 2.44. The molecule has 0 saturated carbocycles. The second kappa shape index (κ2) is 6.95. The summed E-state index contributed by atoms with van der Waals surface area (Å²) in [6.07, 6.45) is 1.41. The van der Waals surface area contributed by atoms with Gasteiger partial charge in [0, 0.05) is 10.6 Å². The molecule has 0 bridgehead atoms. The molecular weight excluding hydrogens is 304 g/mol. The van der Waals surface area contributed by atoms with Crippen molar-refractivity contribution in [3.05, 3.63) is 58.1 Å². The highest BCUT2D eigenvalue weighted by Gasteiger charge is 2.05. The van der Waals surface area contributed by atoms with Crippen LogP contribution in [0.1, 0.15) is 16.7 Å². The highest BCUT2D eigenvalue weighted by molar-refractivity contribution is 6.31. The monoisotopic (exact) mass is 318 g/mol. The highest BCUT2D eigenvalue weighted by atomic mass is 35.5. The van der Waals surface area contributed by atoms with E-state index in [1.807, 2.05) is 0 Å². The summed E-state index contributed by atoms with van der Waals surface area (Å²) in [5.74, 6) is -0.194. The van der Waals surface area contributed by atoms with E-state index in [-0.39, 0.29) is 23.8 Å². The standard InChI is InChI=1S/C16H15ClN2O3/c1-10-5-15(21)12(8-14(10)17)9-18-19-16(22)7-11-3-2-4-13(20)6-11/h2-6,8-9,20-21H,7H2,1H3,(H,19,22)/b18-9+. The minimum atomic E-state index is -0.334. The fourth-order valence-electron chi connectivity index (χ4n) is 1.85. The predicted molar refractivity (Wildman–Crippen MR) is 85.4 cm³/mol. The second-order valence-corrected chi connectivity index (χ2v) is 5.21. The molecule has 0 radical (unpaired) electrons. The zero-order chi connectivity index (χ0) is 16.1. The second-order valence-electron chi connectivity index (χ2n) is 4.80. The molecule has 0 fully saturated rings. The summed E-state index contributed by atoms with van der Waals surface area (Å²) in [6.45, 7) is 1.78. The summed E-state index contributed by atoms with van der Waals surface area (Å²) < 4.78 is 0. The fraction of sp³-hybridized carbons (Fsp3) is 0.125. The number of carbonyl (C=O) groups is 1. The number of hydrogen-bond acceptors (Lipinski definition) is 4. The van der Waals surface area contributed by atoms with Crippen LogP contribution in [0.2, 0.25) is 5.02 Å². The quantitative estimate of drug-likeness (QED) is 0.599. The van der Waals surface area contributed by atoms with Gasteiger partial charge in [0.2, 0.25) is 5.91 Å². The molecular formula is C16H15ClN2O3. The molecule has 0 saturated heterocycles. The third-order valence-corrected chi connectivity index (χ3v) is 3.38. The van der Waals surface area contributed by atoms with Crippen molar-refractivity contribution in [3.63, 3.8) is 0 Å². The van der Waals surface area contributed by atoms with Crippen LogP contribution in [-0.2, 0) is 11.2 Å². The van der Waals surface area contributed by atoms with E-state index in [9.17, 15) is 15.0 Å². The molecule has 2 aromatic rings. The largest absolute Gasteiger partial charge is 0.508 e. The molecule has 0 aliphatic heterocycles. The minimum absolute atomic E-state index is 0.0351. The van der Waals surface area contributed by atoms with Crippen LogP contribution in [0.25, 0.3) is 0 Å². The van der Waals surface area contributed by atoms with Gasteiger partial charge in [0.1, 0.15) is 11.5 Å². The number of halogens is 1. The minimum Gasteiger partial charge on any atom is -0.508 e. The first-order valence-electron chi connectivity index (χ1n) is 6.54. The van der Waals surface area contributed by atoms with Crippen molar-refractivity contribution in [1.82, 2.24) is 5.43 Å². The van der Waals surface area contributed by atoms with Gasteiger partial charge in [-0.1, -0.05) is 23.7 Å². The Morgan fingerprint density at radius 2 is 2.09 bits per heavy atom. The maximum Gasteiger partial charge on any atom is 0.244 e. The number of phenols is 2. The predicted octanol–water partition coefficient (Wildman–Crippen LogP) is 2.75. The van der Waals surface area contributed by atoms with Gasteiger partial charge in [-0.2, -0.15) is 5.10 Å². The molecule has 6 heteroatoms. The van der Waals surface area contributed by atoms with E-state index < -0.39 is 0 Å². The Bertz CT molecular complexity index is 729. The van der Waals surface area contributed by atoms with Crippen LogP contribution in [0.3, 0.4) is 0 Å². The molecule has 0 heterocycles. The Balaban J connectivity index is 1.97. The van der Waals surface area contributed by atoms with Crippen molar-refractivity contribution >= 4 is 23.7 Å². The highest BCUT2D eigenvalue weighted by Crippen LogP contribution is 2.24. The van der Waals surface area contributed by atoms with Crippen LogP contribution in [-0.4, -0.2) is 22.3 Å². The number of amides is 1. The Morgan fingerprint density at radius 1 is 1.32 bits per heavy atom. The lowest BCUT2D eigenvalue weighted by Gasteiger charge is -2.04. The van der Waals surface area contributed by atoms with Crippen LogP contribution < -0.4 is 5.43 Å². The third kappa shape index (κ3) is 4.23. The zero-order valence-electron chi connectivity index (χ0n) is 11.9. The topological polar surface area (TPSA) is 81.9 Å². The first kappa shape index (κ1) is 15.9. The molecule has 22 heavy (non-hydrogen) atoms. The van der Waals surface area contributed by atoms with E-state index in [0.717, 1.165) is 5.56 Å². The third-order valence-electron chi connectivity index (χ3n) is 2.98. The molecule has 114 valence electrons. The van der Waals surface area contributed by atoms with E-state index >= 15 is 0 Å². The SMILES string of the molecule is Cc1cc(O)c(/C=N/NC(=O)Cc2cccc(O)c2)cc1Cl.